The molecule has 0 aliphatic carbocycles. The fourth-order valence-corrected chi connectivity index (χ4v) is 4.10. The van der Waals surface area contributed by atoms with Crippen molar-refractivity contribution in [3.05, 3.63) is 0 Å². The molecule has 3 aliphatic heterocycles. The molecule has 0 bridgehead atoms. The van der Waals surface area contributed by atoms with Gasteiger partial charge < -0.3 is 25.0 Å². The highest BCUT2D eigenvalue weighted by atomic mass is 32.2. The Morgan fingerprint density at radius 1 is 1.32 bits per heavy atom. The number of rotatable bonds is 1. The monoisotopic (exact) mass is 288 g/mol. The van der Waals surface area contributed by atoms with Crippen LogP contribution in [0.4, 0.5) is 0 Å². The largest absolute Gasteiger partial charge is 0.391 e. The molecule has 2 fully saturated rings. The van der Waals surface area contributed by atoms with Crippen molar-refractivity contribution in [2.45, 2.75) is 55.7 Å². The predicted octanol–water partition coefficient (Wildman–Crippen LogP) is -0.619. The van der Waals surface area contributed by atoms with Gasteiger partial charge in [0.2, 0.25) is 0 Å². The van der Waals surface area contributed by atoms with Crippen LogP contribution < -0.4 is 0 Å². The van der Waals surface area contributed by atoms with E-state index >= 15 is 0 Å². The van der Waals surface area contributed by atoms with Crippen LogP contribution in [0.5, 0.6) is 0 Å². The van der Waals surface area contributed by atoms with Gasteiger partial charge in [0.25, 0.3) is 0 Å². The van der Waals surface area contributed by atoms with Gasteiger partial charge in [0.15, 0.2) is 5.17 Å². The van der Waals surface area contributed by atoms with Crippen LogP contribution in [0.1, 0.15) is 19.8 Å². The second-order valence-electron chi connectivity index (χ2n) is 5.41. The van der Waals surface area contributed by atoms with E-state index in [1.807, 2.05) is 0 Å². The summed E-state index contributed by atoms with van der Waals surface area (Å²) in [6, 6.07) is -0.439. The molecule has 6 nitrogen and oxygen atoms in total. The van der Waals surface area contributed by atoms with Gasteiger partial charge in [-0.2, -0.15) is 0 Å². The second kappa shape index (κ2) is 5.21. The van der Waals surface area contributed by atoms with Crippen molar-refractivity contribution >= 4 is 16.9 Å². The van der Waals surface area contributed by atoms with Crippen molar-refractivity contribution in [2.75, 3.05) is 13.1 Å². The van der Waals surface area contributed by atoms with E-state index in [1.54, 1.807) is 6.92 Å². The molecule has 0 amide bonds. The minimum atomic E-state index is -1.09. The predicted molar refractivity (Wildman–Crippen MR) is 72.0 cm³/mol. The number of likely N-dealkylation sites (tertiary alicyclic amines) is 1. The highest BCUT2D eigenvalue weighted by molar-refractivity contribution is 8.14. The maximum absolute atomic E-state index is 10.1. The lowest BCUT2D eigenvalue weighted by Gasteiger charge is -2.39. The summed E-state index contributed by atoms with van der Waals surface area (Å²) in [6.07, 6.45) is -1.32. The average molecular weight is 288 g/mol. The van der Waals surface area contributed by atoms with E-state index in [2.05, 4.69) is 9.89 Å². The van der Waals surface area contributed by atoms with Crippen molar-refractivity contribution < 1.29 is 20.1 Å². The van der Waals surface area contributed by atoms with Gasteiger partial charge in [-0.1, -0.05) is 11.8 Å². The first-order valence-corrected chi connectivity index (χ1v) is 7.65. The molecule has 7 heteroatoms. The van der Waals surface area contributed by atoms with Gasteiger partial charge in [-0.3, -0.25) is 4.99 Å². The number of aliphatic hydroxyl groups excluding tert-OH is 3. The van der Waals surface area contributed by atoms with Gasteiger partial charge in [0.1, 0.15) is 29.8 Å². The van der Waals surface area contributed by atoms with Crippen LogP contribution in [0, 0.1) is 0 Å². The quantitative estimate of drug-likeness (QED) is 0.596. The third-order valence-corrected chi connectivity index (χ3v) is 5.14. The van der Waals surface area contributed by atoms with Crippen LogP contribution in [0.25, 0.3) is 0 Å². The molecule has 0 aromatic rings. The number of hydrogen-bond donors (Lipinski definition) is 3. The summed E-state index contributed by atoms with van der Waals surface area (Å²) in [6.45, 7) is 3.54. The summed E-state index contributed by atoms with van der Waals surface area (Å²) in [4.78, 5) is 6.70. The van der Waals surface area contributed by atoms with Crippen LogP contribution in [0.2, 0.25) is 0 Å². The van der Waals surface area contributed by atoms with Crippen LogP contribution in [0.15, 0.2) is 4.99 Å². The lowest BCUT2D eigenvalue weighted by molar-refractivity contribution is -0.181. The van der Waals surface area contributed by atoms with Gasteiger partial charge in [0, 0.05) is 13.1 Å². The molecule has 0 unspecified atom stereocenters. The maximum Gasteiger partial charge on any atom is 0.162 e. The lowest BCUT2D eigenvalue weighted by atomic mass is 9.95. The molecule has 0 radical (unpaired) electrons. The number of aliphatic imine (C=N–C) groups is 1. The van der Waals surface area contributed by atoms with Gasteiger partial charge in [-0.05, 0) is 19.8 Å². The van der Waals surface area contributed by atoms with E-state index in [4.69, 9.17) is 4.74 Å². The SMILES string of the molecule is C[C@H](O)[C@H]1O[C@@H]2SC(N3CCCC3)=N[C@@H]2[C@@H](O)[C@@H]1O. The fraction of sp³-hybridized carbons (Fsp3) is 0.917. The molecule has 6 atom stereocenters. The molecular weight excluding hydrogens is 268 g/mol. The molecule has 0 saturated carbocycles. The Balaban J connectivity index is 1.75. The Labute approximate surface area is 116 Å². The number of nitrogens with zero attached hydrogens (tertiary/aromatic N) is 2. The van der Waals surface area contributed by atoms with E-state index in [0.717, 1.165) is 31.1 Å². The molecular formula is C12H20N2O4S. The number of hydrogen-bond acceptors (Lipinski definition) is 7. The van der Waals surface area contributed by atoms with Crippen molar-refractivity contribution in [3.63, 3.8) is 0 Å². The van der Waals surface area contributed by atoms with Crippen LogP contribution in [-0.4, -0.2) is 74.4 Å². The Bertz CT molecular complexity index is 373. The fourth-order valence-electron chi connectivity index (χ4n) is 2.83. The van der Waals surface area contributed by atoms with E-state index in [-0.39, 0.29) is 5.44 Å². The van der Waals surface area contributed by atoms with Crippen LogP contribution >= 0.6 is 11.8 Å². The van der Waals surface area contributed by atoms with Gasteiger partial charge in [-0.25, -0.2) is 0 Å². The molecule has 0 aromatic carbocycles. The average Bonchev–Trinajstić information content (AvgIpc) is 3.01. The summed E-state index contributed by atoms with van der Waals surface area (Å²) >= 11 is 1.49. The van der Waals surface area contributed by atoms with Crippen molar-refractivity contribution in [1.29, 1.82) is 0 Å². The molecule has 0 aromatic heterocycles. The second-order valence-corrected chi connectivity index (χ2v) is 6.47. The third kappa shape index (κ3) is 2.38. The van der Waals surface area contributed by atoms with E-state index in [9.17, 15) is 15.3 Å². The molecule has 108 valence electrons. The Hall–Kier alpha value is -0.340. The van der Waals surface area contributed by atoms with Gasteiger partial charge in [-0.15, -0.1) is 0 Å². The Morgan fingerprint density at radius 2 is 2.00 bits per heavy atom. The zero-order valence-corrected chi connectivity index (χ0v) is 11.7. The van der Waals surface area contributed by atoms with Crippen LogP contribution in [-0.2, 0) is 4.74 Å². The van der Waals surface area contributed by atoms with Crippen molar-refractivity contribution in [1.82, 2.24) is 4.90 Å². The highest BCUT2D eigenvalue weighted by Gasteiger charge is 2.50. The molecule has 19 heavy (non-hydrogen) atoms. The minimum absolute atomic E-state index is 0.311. The number of thioether (sulfide) groups is 1. The van der Waals surface area contributed by atoms with E-state index in [1.165, 1.54) is 11.8 Å². The maximum atomic E-state index is 10.1. The standard InChI is InChI=1S/C12H20N2O4S/c1-6(15)10-9(17)8(16)7-11(18-10)19-12(13-7)14-4-2-3-5-14/h6-11,15-17H,2-5H2,1H3/t6-,7+,8+,9-,10+,11+/m0/s1. The third-order valence-electron chi connectivity index (χ3n) is 3.94. The first-order valence-electron chi connectivity index (χ1n) is 6.77. The number of fused-ring (bicyclic) bond motifs is 1. The zero-order valence-electron chi connectivity index (χ0n) is 10.8. The van der Waals surface area contributed by atoms with Gasteiger partial charge in [0.05, 0.1) is 6.10 Å². The first kappa shape index (κ1) is 13.6. The summed E-state index contributed by atoms with van der Waals surface area (Å²) < 4.78 is 5.71. The molecule has 3 heterocycles. The lowest BCUT2D eigenvalue weighted by Crippen LogP contribution is -2.57. The molecule has 0 spiro atoms. The van der Waals surface area contributed by atoms with E-state index in [0.29, 0.717) is 0 Å². The molecule has 3 aliphatic rings. The topological polar surface area (TPSA) is 85.5 Å². The summed E-state index contributed by atoms with van der Waals surface area (Å²) in [5, 5.41) is 30.6. The minimum Gasteiger partial charge on any atom is -0.391 e. The first-order chi connectivity index (χ1) is 9.08. The smallest absolute Gasteiger partial charge is 0.162 e. The van der Waals surface area contributed by atoms with E-state index < -0.39 is 30.5 Å². The number of amidine groups is 1. The van der Waals surface area contributed by atoms with Crippen molar-refractivity contribution in [3.8, 4) is 0 Å². The molecule has 2 saturated heterocycles. The molecule has 3 rings (SSSR count). The summed E-state index contributed by atoms with van der Waals surface area (Å²) in [5.74, 6) is 0. The highest BCUT2D eigenvalue weighted by Crippen LogP contribution is 2.38. The van der Waals surface area contributed by atoms with Crippen LogP contribution in [0.3, 0.4) is 0 Å². The number of aliphatic hydroxyl groups is 3. The molecule has 3 N–H and O–H groups in total. The van der Waals surface area contributed by atoms with Crippen molar-refractivity contribution in [2.24, 2.45) is 4.99 Å². The zero-order chi connectivity index (χ0) is 13.6. The Kier molecular flexibility index (Phi) is 3.74. The van der Waals surface area contributed by atoms with Gasteiger partial charge >= 0.3 is 0 Å². The Morgan fingerprint density at radius 3 is 2.63 bits per heavy atom. The summed E-state index contributed by atoms with van der Waals surface area (Å²) in [5.41, 5.74) is -0.311. The number of ether oxygens (including phenoxy) is 1. The summed E-state index contributed by atoms with van der Waals surface area (Å²) in [7, 11) is 0. The normalized spacial score (nSPS) is 44.1.